The van der Waals surface area contributed by atoms with Crippen LogP contribution in [-0.2, 0) is 6.61 Å². The van der Waals surface area contributed by atoms with E-state index in [1.807, 2.05) is 0 Å². The van der Waals surface area contributed by atoms with Crippen molar-refractivity contribution in [2.24, 2.45) is 0 Å². The van der Waals surface area contributed by atoms with Crippen molar-refractivity contribution in [2.45, 2.75) is 6.61 Å². The molecule has 104 valence electrons. The van der Waals surface area contributed by atoms with Crippen LogP contribution in [0.25, 0.3) is 0 Å². The number of hydrogen-bond donors (Lipinski definition) is 1. The number of aromatic carboxylic acids is 1. The standard InChI is InChI=1S/C14H9BrF2O3/c15-11-3-2-9(16)6-13(11)20-7-8-1-4-12(17)10(5-8)14(18)19/h1-6H,7H2,(H,18,19). The van der Waals surface area contributed by atoms with Crippen LogP contribution in [-0.4, -0.2) is 11.1 Å². The largest absolute Gasteiger partial charge is 0.488 e. The molecular formula is C14H9BrF2O3. The molecule has 0 saturated heterocycles. The molecule has 0 aromatic heterocycles. The summed E-state index contributed by atoms with van der Waals surface area (Å²) in [4.78, 5) is 10.8. The predicted octanol–water partition coefficient (Wildman–Crippen LogP) is 4.00. The molecule has 0 radical (unpaired) electrons. The molecule has 1 N–H and O–H groups in total. The summed E-state index contributed by atoms with van der Waals surface area (Å²) in [5.41, 5.74) is 0.0457. The van der Waals surface area contributed by atoms with Gasteiger partial charge >= 0.3 is 5.97 Å². The molecule has 20 heavy (non-hydrogen) atoms. The van der Waals surface area contributed by atoms with Crippen LogP contribution >= 0.6 is 15.9 Å². The van der Waals surface area contributed by atoms with Crippen molar-refractivity contribution in [3.63, 3.8) is 0 Å². The van der Waals surface area contributed by atoms with Crippen LogP contribution in [0.2, 0.25) is 0 Å². The van der Waals surface area contributed by atoms with Gasteiger partial charge in [-0.2, -0.15) is 0 Å². The molecule has 0 unspecified atom stereocenters. The second-order valence-electron chi connectivity index (χ2n) is 3.98. The number of benzene rings is 2. The Hall–Kier alpha value is -1.95. The normalized spacial score (nSPS) is 10.3. The molecule has 0 saturated carbocycles. The van der Waals surface area contributed by atoms with Crippen LogP contribution in [0.3, 0.4) is 0 Å². The van der Waals surface area contributed by atoms with Gasteiger partial charge in [-0.1, -0.05) is 6.07 Å². The van der Waals surface area contributed by atoms with Gasteiger partial charge in [-0.3, -0.25) is 0 Å². The Morgan fingerprint density at radius 1 is 1.20 bits per heavy atom. The minimum atomic E-state index is -1.35. The third-order valence-electron chi connectivity index (χ3n) is 2.55. The molecule has 0 heterocycles. The smallest absolute Gasteiger partial charge is 0.338 e. The summed E-state index contributed by atoms with van der Waals surface area (Å²) < 4.78 is 32.2. The zero-order chi connectivity index (χ0) is 14.7. The number of halogens is 3. The number of carbonyl (C=O) groups is 1. The van der Waals surface area contributed by atoms with Crippen molar-refractivity contribution >= 4 is 21.9 Å². The third-order valence-corrected chi connectivity index (χ3v) is 3.20. The Morgan fingerprint density at radius 3 is 2.65 bits per heavy atom. The molecule has 2 aromatic carbocycles. The van der Waals surface area contributed by atoms with E-state index in [1.165, 1.54) is 30.3 Å². The molecule has 3 nitrogen and oxygen atoms in total. The van der Waals surface area contributed by atoms with Gasteiger partial charge in [0.1, 0.15) is 24.0 Å². The minimum Gasteiger partial charge on any atom is -0.488 e. The molecule has 0 aliphatic rings. The minimum absolute atomic E-state index is 0.00259. The second-order valence-corrected chi connectivity index (χ2v) is 4.84. The zero-order valence-corrected chi connectivity index (χ0v) is 11.7. The lowest BCUT2D eigenvalue weighted by Gasteiger charge is -2.09. The Balaban J connectivity index is 2.17. The van der Waals surface area contributed by atoms with Crippen molar-refractivity contribution in [2.75, 3.05) is 0 Å². The lowest BCUT2D eigenvalue weighted by Crippen LogP contribution is -2.03. The number of carboxylic acid groups (broad SMARTS) is 1. The van der Waals surface area contributed by atoms with Crippen LogP contribution in [0.1, 0.15) is 15.9 Å². The fourth-order valence-electron chi connectivity index (χ4n) is 1.57. The molecule has 0 fully saturated rings. The summed E-state index contributed by atoms with van der Waals surface area (Å²) in [5, 5.41) is 8.82. The first kappa shape index (κ1) is 14.5. The van der Waals surface area contributed by atoms with Crippen LogP contribution in [0, 0.1) is 11.6 Å². The number of carboxylic acids is 1. The van der Waals surface area contributed by atoms with E-state index in [0.29, 0.717) is 10.0 Å². The van der Waals surface area contributed by atoms with E-state index in [4.69, 9.17) is 9.84 Å². The maximum absolute atomic E-state index is 13.2. The summed E-state index contributed by atoms with van der Waals surface area (Å²) in [7, 11) is 0. The lowest BCUT2D eigenvalue weighted by atomic mass is 10.1. The highest BCUT2D eigenvalue weighted by Crippen LogP contribution is 2.26. The predicted molar refractivity (Wildman–Crippen MR) is 71.8 cm³/mol. The first-order valence-electron chi connectivity index (χ1n) is 5.57. The zero-order valence-electron chi connectivity index (χ0n) is 10.1. The molecule has 6 heteroatoms. The van der Waals surface area contributed by atoms with Crippen LogP contribution in [0.15, 0.2) is 40.9 Å². The molecule has 0 atom stereocenters. The summed E-state index contributed by atoms with van der Waals surface area (Å²) >= 11 is 3.21. The fraction of sp³-hybridized carbons (Fsp3) is 0.0714. The lowest BCUT2D eigenvalue weighted by molar-refractivity contribution is 0.0691. The van der Waals surface area contributed by atoms with E-state index in [1.54, 1.807) is 0 Å². The monoisotopic (exact) mass is 342 g/mol. The average molecular weight is 343 g/mol. The van der Waals surface area contributed by atoms with Gasteiger partial charge < -0.3 is 9.84 Å². The Labute approximate surface area is 121 Å². The molecule has 0 aliphatic carbocycles. The molecule has 0 aliphatic heterocycles. The second kappa shape index (κ2) is 6.00. The van der Waals surface area contributed by atoms with E-state index in [0.717, 1.165) is 6.07 Å². The van der Waals surface area contributed by atoms with Crippen LogP contribution in [0.5, 0.6) is 5.75 Å². The maximum atomic E-state index is 13.2. The first-order valence-corrected chi connectivity index (χ1v) is 6.36. The molecule has 0 spiro atoms. The van der Waals surface area contributed by atoms with Gasteiger partial charge in [0.05, 0.1) is 10.0 Å². The van der Waals surface area contributed by atoms with Crippen molar-refractivity contribution < 1.29 is 23.4 Å². The molecule has 2 rings (SSSR count). The van der Waals surface area contributed by atoms with Gasteiger partial charge in [0, 0.05) is 6.07 Å². The first-order chi connectivity index (χ1) is 9.47. The summed E-state index contributed by atoms with van der Waals surface area (Å²) in [6.07, 6.45) is 0. The molecule has 0 bridgehead atoms. The summed E-state index contributed by atoms with van der Waals surface area (Å²) in [5.74, 6) is -2.33. The van der Waals surface area contributed by atoms with E-state index >= 15 is 0 Å². The van der Waals surface area contributed by atoms with Gasteiger partial charge in [0.25, 0.3) is 0 Å². The van der Waals surface area contributed by atoms with Crippen molar-refractivity contribution in [1.82, 2.24) is 0 Å². The highest BCUT2D eigenvalue weighted by Gasteiger charge is 2.11. The quantitative estimate of drug-likeness (QED) is 0.913. The van der Waals surface area contributed by atoms with Crippen LogP contribution < -0.4 is 4.74 Å². The third kappa shape index (κ3) is 3.33. The SMILES string of the molecule is O=C(O)c1cc(COc2cc(F)ccc2Br)ccc1F. The Bertz CT molecular complexity index is 659. The molecular weight excluding hydrogens is 334 g/mol. The highest BCUT2D eigenvalue weighted by atomic mass is 79.9. The molecule has 2 aromatic rings. The van der Waals surface area contributed by atoms with Crippen molar-refractivity contribution in [3.05, 3.63) is 63.6 Å². The number of hydrogen-bond acceptors (Lipinski definition) is 2. The van der Waals surface area contributed by atoms with Gasteiger partial charge in [-0.15, -0.1) is 0 Å². The van der Waals surface area contributed by atoms with Gasteiger partial charge in [0.15, 0.2) is 0 Å². The van der Waals surface area contributed by atoms with E-state index in [2.05, 4.69) is 15.9 Å². The topological polar surface area (TPSA) is 46.5 Å². The maximum Gasteiger partial charge on any atom is 0.338 e. The highest BCUT2D eigenvalue weighted by molar-refractivity contribution is 9.10. The number of ether oxygens (including phenoxy) is 1. The van der Waals surface area contributed by atoms with Crippen molar-refractivity contribution in [3.8, 4) is 5.75 Å². The fourth-order valence-corrected chi connectivity index (χ4v) is 1.94. The summed E-state index contributed by atoms with van der Waals surface area (Å²) in [6, 6.07) is 7.63. The summed E-state index contributed by atoms with van der Waals surface area (Å²) in [6.45, 7) is 0.00259. The van der Waals surface area contributed by atoms with Gasteiger partial charge in [-0.25, -0.2) is 13.6 Å². The van der Waals surface area contributed by atoms with Gasteiger partial charge in [0.2, 0.25) is 0 Å². The van der Waals surface area contributed by atoms with Gasteiger partial charge in [-0.05, 0) is 45.8 Å². The van der Waals surface area contributed by atoms with E-state index in [9.17, 15) is 13.6 Å². The molecule has 0 amide bonds. The average Bonchev–Trinajstić information content (AvgIpc) is 2.41. The van der Waals surface area contributed by atoms with Crippen molar-refractivity contribution in [1.29, 1.82) is 0 Å². The van der Waals surface area contributed by atoms with E-state index < -0.39 is 23.2 Å². The Morgan fingerprint density at radius 2 is 1.95 bits per heavy atom. The van der Waals surface area contributed by atoms with Crippen LogP contribution in [0.4, 0.5) is 8.78 Å². The number of rotatable bonds is 4. The Kier molecular flexibility index (Phi) is 4.34. The van der Waals surface area contributed by atoms with E-state index in [-0.39, 0.29) is 12.4 Å².